The van der Waals surface area contributed by atoms with Crippen LogP contribution in [0.2, 0.25) is 0 Å². The van der Waals surface area contributed by atoms with E-state index >= 15 is 0 Å². The number of amides is 3. The number of primary amides is 1. The van der Waals surface area contributed by atoms with Crippen molar-refractivity contribution in [1.29, 1.82) is 0 Å². The zero-order valence-electron chi connectivity index (χ0n) is 11.6. The van der Waals surface area contributed by atoms with Gasteiger partial charge in [0.1, 0.15) is 5.69 Å². The Morgan fingerprint density at radius 1 is 1.45 bits per heavy atom. The number of likely N-dealkylation sites (tertiary alicyclic amines) is 1. The lowest BCUT2D eigenvalue weighted by molar-refractivity contribution is 0.0702. The fourth-order valence-corrected chi connectivity index (χ4v) is 2.40. The number of hydrogen-bond donors (Lipinski definition) is 2. The maximum Gasteiger partial charge on any atom is 0.312 e. The number of carbonyl (C=O) groups is 2. The van der Waals surface area contributed by atoms with Gasteiger partial charge in [-0.3, -0.25) is 9.78 Å². The molecule has 6 heteroatoms. The molecule has 0 atom stereocenters. The lowest BCUT2D eigenvalue weighted by Crippen LogP contribution is -2.48. The zero-order valence-corrected chi connectivity index (χ0v) is 11.6. The van der Waals surface area contributed by atoms with Gasteiger partial charge in [0.25, 0.3) is 5.91 Å². The molecular weight excluding hydrogens is 256 g/mol. The minimum Gasteiger partial charge on any atom is -0.352 e. The van der Waals surface area contributed by atoms with E-state index < -0.39 is 6.03 Å². The fourth-order valence-electron chi connectivity index (χ4n) is 2.40. The Bertz CT molecular complexity index is 496. The average molecular weight is 276 g/mol. The largest absolute Gasteiger partial charge is 0.352 e. The summed E-state index contributed by atoms with van der Waals surface area (Å²) in [5.41, 5.74) is 6.70. The minimum atomic E-state index is -0.507. The number of nitrogens with one attached hydrogen (secondary N) is 1. The van der Waals surface area contributed by atoms with Crippen LogP contribution in [0.25, 0.3) is 0 Å². The molecule has 1 saturated heterocycles. The van der Waals surface area contributed by atoms with Gasteiger partial charge in [0.05, 0.1) is 0 Å². The molecule has 1 aromatic heterocycles. The first-order valence-corrected chi connectivity index (χ1v) is 6.90. The van der Waals surface area contributed by atoms with Gasteiger partial charge in [-0.2, -0.15) is 0 Å². The monoisotopic (exact) mass is 276 g/mol. The molecule has 0 radical (unpaired) electrons. The van der Waals surface area contributed by atoms with Crippen LogP contribution in [0.1, 0.15) is 35.8 Å². The van der Waals surface area contributed by atoms with Crippen LogP contribution in [0.15, 0.2) is 18.3 Å². The second-order valence-electron chi connectivity index (χ2n) is 4.98. The van der Waals surface area contributed by atoms with Crippen LogP contribution in [-0.4, -0.2) is 41.0 Å². The van der Waals surface area contributed by atoms with E-state index in [1.165, 1.54) is 0 Å². The van der Waals surface area contributed by atoms with Crippen molar-refractivity contribution < 1.29 is 9.59 Å². The molecule has 20 heavy (non-hydrogen) atoms. The lowest BCUT2D eigenvalue weighted by atomic mass is 10.0. The number of nitrogens with zero attached hydrogens (tertiary/aromatic N) is 2. The molecule has 3 amide bonds. The van der Waals surface area contributed by atoms with E-state index in [-0.39, 0.29) is 11.9 Å². The lowest BCUT2D eigenvalue weighted by Gasteiger charge is -2.31. The number of rotatable bonds is 3. The van der Waals surface area contributed by atoms with Crippen molar-refractivity contribution >= 4 is 11.9 Å². The summed E-state index contributed by atoms with van der Waals surface area (Å²) in [5.74, 6) is -0.0437. The Labute approximate surface area is 118 Å². The zero-order chi connectivity index (χ0) is 14.5. The number of pyridine rings is 1. The van der Waals surface area contributed by atoms with Gasteiger partial charge in [0, 0.05) is 25.3 Å². The highest BCUT2D eigenvalue weighted by Gasteiger charge is 2.24. The molecule has 1 aliphatic heterocycles. The van der Waals surface area contributed by atoms with Crippen LogP contribution in [0.4, 0.5) is 4.79 Å². The van der Waals surface area contributed by atoms with Crippen molar-refractivity contribution in [1.82, 2.24) is 15.2 Å². The molecule has 2 heterocycles. The molecule has 0 saturated carbocycles. The van der Waals surface area contributed by atoms with Gasteiger partial charge in [-0.1, -0.05) is 6.92 Å². The highest BCUT2D eigenvalue weighted by Crippen LogP contribution is 2.14. The second kappa shape index (κ2) is 6.36. The first-order valence-electron chi connectivity index (χ1n) is 6.90. The Kier molecular flexibility index (Phi) is 4.55. The summed E-state index contributed by atoms with van der Waals surface area (Å²) in [6.07, 6.45) is 4.01. The number of aromatic nitrogens is 1. The Hall–Kier alpha value is -2.11. The van der Waals surface area contributed by atoms with Gasteiger partial charge in [-0.25, -0.2) is 4.79 Å². The molecule has 1 aromatic rings. The summed E-state index contributed by atoms with van der Waals surface area (Å²) in [6, 6.07) is 3.31. The standard InChI is InChI=1S/C14H20N4O2/c1-2-10-3-6-16-12(9-10)13(19)18-7-4-11(5-8-18)17-14(15)20/h3,6,9,11H,2,4-5,7-8H2,1H3,(H3,15,17,20). The first kappa shape index (κ1) is 14.3. The van der Waals surface area contributed by atoms with E-state index in [2.05, 4.69) is 10.3 Å². The van der Waals surface area contributed by atoms with Crippen molar-refractivity contribution in [2.45, 2.75) is 32.2 Å². The third kappa shape index (κ3) is 3.46. The van der Waals surface area contributed by atoms with Crippen molar-refractivity contribution in [2.75, 3.05) is 13.1 Å². The predicted octanol–water partition coefficient (Wildman–Crippen LogP) is 0.917. The van der Waals surface area contributed by atoms with Crippen molar-refractivity contribution in [3.05, 3.63) is 29.6 Å². The minimum absolute atomic E-state index is 0.0437. The topological polar surface area (TPSA) is 88.3 Å². The van der Waals surface area contributed by atoms with E-state index in [4.69, 9.17) is 5.73 Å². The average Bonchev–Trinajstić information content (AvgIpc) is 2.47. The van der Waals surface area contributed by atoms with Gasteiger partial charge >= 0.3 is 6.03 Å². The quantitative estimate of drug-likeness (QED) is 0.860. The number of aryl methyl sites for hydroxylation is 1. The molecule has 0 bridgehead atoms. The van der Waals surface area contributed by atoms with Gasteiger partial charge in [-0.15, -0.1) is 0 Å². The predicted molar refractivity (Wildman–Crippen MR) is 75.3 cm³/mol. The molecule has 108 valence electrons. The molecule has 1 aliphatic rings. The van der Waals surface area contributed by atoms with E-state index in [1.807, 2.05) is 19.1 Å². The van der Waals surface area contributed by atoms with Crippen molar-refractivity contribution in [3.8, 4) is 0 Å². The van der Waals surface area contributed by atoms with Gasteiger partial charge in [-0.05, 0) is 37.0 Å². The molecule has 6 nitrogen and oxygen atoms in total. The Morgan fingerprint density at radius 3 is 2.75 bits per heavy atom. The third-order valence-electron chi connectivity index (χ3n) is 3.58. The number of hydrogen-bond acceptors (Lipinski definition) is 3. The van der Waals surface area contributed by atoms with Gasteiger partial charge in [0.15, 0.2) is 0 Å². The molecular formula is C14H20N4O2. The molecule has 0 unspecified atom stereocenters. The maximum absolute atomic E-state index is 12.3. The normalized spacial score (nSPS) is 15.9. The molecule has 0 aromatic carbocycles. The van der Waals surface area contributed by atoms with E-state index in [9.17, 15) is 9.59 Å². The Balaban J connectivity index is 1.96. The molecule has 0 aliphatic carbocycles. The van der Waals surface area contributed by atoms with Crippen LogP contribution in [0.5, 0.6) is 0 Å². The smallest absolute Gasteiger partial charge is 0.312 e. The third-order valence-corrected chi connectivity index (χ3v) is 3.58. The first-order chi connectivity index (χ1) is 9.60. The molecule has 1 fully saturated rings. The Morgan fingerprint density at radius 2 is 2.15 bits per heavy atom. The number of urea groups is 1. The van der Waals surface area contributed by atoms with Crippen LogP contribution >= 0.6 is 0 Å². The van der Waals surface area contributed by atoms with E-state index in [1.54, 1.807) is 11.1 Å². The SMILES string of the molecule is CCc1ccnc(C(=O)N2CCC(NC(N)=O)CC2)c1. The number of piperidine rings is 1. The van der Waals surface area contributed by atoms with Crippen LogP contribution in [0.3, 0.4) is 0 Å². The highest BCUT2D eigenvalue weighted by molar-refractivity contribution is 5.92. The number of carbonyl (C=O) groups excluding carboxylic acids is 2. The summed E-state index contributed by atoms with van der Waals surface area (Å²) in [6.45, 7) is 3.27. The summed E-state index contributed by atoms with van der Waals surface area (Å²) in [7, 11) is 0. The van der Waals surface area contributed by atoms with Gasteiger partial charge in [0.2, 0.25) is 0 Å². The van der Waals surface area contributed by atoms with Crippen LogP contribution in [0, 0.1) is 0 Å². The summed E-state index contributed by atoms with van der Waals surface area (Å²) >= 11 is 0. The summed E-state index contributed by atoms with van der Waals surface area (Å²) in [4.78, 5) is 29.1. The molecule has 2 rings (SSSR count). The summed E-state index contributed by atoms with van der Waals surface area (Å²) < 4.78 is 0. The van der Waals surface area contributed by atoms with Crippen LogP contribution in [-0.2, 0) is 6.42 Å². The second-order valence-corrected chi connectivity index (χ2v) is 4.98. The van der Waals surface area contributed by atoms with Crippen molar-refractivity contribution in [2.24, 2.45) is 5.73 Å². The van der Waals surface area contributed by atoms with Crippen LogP contribution < -0.4 is 11.1 Å². The van der Waals surface area contributed by atoms with E-state index in [0.717, 1.165) is 24.8 Å². The molecule has 0 spiro atoms. The van der Waals surface area contributed by atoms with E-state index in [0.29, 0.717) is 18.8 Å². The number of nitrogens with two attached hydrogens (primary N) is 1. The maximum atomic E-state index is 12.3. The fraction of sp³-hybridized carbons (Fsp3) is 0.500. The molecule has 3 N–H and O–H groups in total. The highest BCUT2D eigenvalue weighted by atomic mass is 16.2. The van der Waals surface area contributed by atoms with Crippen molar-refractivity contribution in [3.63, 3.8) is 0 Å². The summed E-state index contributed by atoms with van der Waals surface area (Å²) in [5, 5.41) is 2.68. The van der Waals surface area contributed by atoms with Gasteiger partial charge < -0.3 is 16.0 Å².